The first-order valence-electron chi connectivity index (χ1n) is 2.51. The number of aliphatic carboxylic acids is 1. The summed E-state index contributed by atoms with van der Waals surface area (Å²) in [6, 6.07) is -0.822. The summed E-state index contributed by atoms with van der Waals surface area (Å²) in [6.07, 6.45) is 1.52. The van der Waals surface area contributed by atoms with Crippen LogP contribution in [0.1, 0.15) is 6.42 Å². The summed E-state index contributed by atoms with van der Waals surface area (Å²) in [5.41, 5.74) is 0. The van der Waals surface area contributed by atoms with Crippen molar-refractivity contribution in [1.82, 2.24) is 0 Å². The summed E-state index contributed by atoms with van der Waals surface area (Å²) in [6.45, 7) is 0. The van der Waals surface area contributed by atoms with Gasteiger partial charge >= 0.3 is 37.7 Å². The minimum Gasteiger partial charge on any atom is -0.889 e. The Hall–Kier alpha value is 0.00481. The third kappa shape index (κ3) is 3.79. The van der Waals surface area contributed by atoms with Crippen molar-refractivity contribution in [2.45, 2.75) is 12.5 Å². The van der Waals surface area contributed by atoms with Crippen molar-refractivity contribution in [3.8, 4) is 0 Å². The summed E-state index contributed by atoms with van der Waals surface area (Å²) in [4.78, 5) is 10.1. The molecule has 1 rings (SSSR count). The minimum atomic E-state index is -1.03. The summed E-state index contributed by atoms with van der Waals surface area (Å²) >= 11 is 0. The minimum absolute atomic E-state index is 0. The van der Waals surface area contributed by atoms with Gasteiger partial charge in [-0.05, 0) is 12.5 Å². The molecule has 0 bridgehead atoms. The van der Waals surface area contributed by atoms with E-state index in [0.29, 0.717) is 0 Å². The number of carboxylic acid groups (broad SMARTS) is 1. The van der Waals surface area contributed by atoms with Gasteiger partial charge in [0.1, 0.15) is 0 Å². The molecule has 1 atom stereocenters. The van der Waals surface area contributed by atoms with Crippen molar-refractivity contribution in [3.63, 3.8) is 0 Å². The average molecular weight is 141 g/mol. The summed E-state index contributed by atoms with van der Waals surface area (Å²) in [5.74, 6) is -1.44. The predicted molar refractivity (Wildman–Crippen MR) is 27.5 cm³/mol. The molecule has 0 aromatic rings. The standard InChI is InChI=1S/C5H6NO3.2Li/c7-4-2-1-3(6-4)5(8)9;;/h2-3,7H,1H2,(H,8,9);;/q-1;2*+1/p-1. The maximum Gasteiger partial charge on any atom is 1.00 e. The third-order valence-electron chi connectivity index (χ3n) is 1.08. The fourth-order valence-corrected chi connectivity index (χ4v) is 0.627. The van der Waals surface area contributed by atoms with E-state index in [4.69, 9.17) is 5.11 Å². The largest absolute Gasteiger partial charge is 1.00 e. The van der Waals surface area contributed by atoms with Crippen molar-refractivity contribution in [1.29, 1.82) is 0 Å². The molecular formula is C5H5Li2NO3. The average Bonchev–Trinajstić information content (AvgIpc) is 2.14. The molecular weight excluding hydrogens is 136 g/mol. The molecule has 0 amide bonds. The number of rotatable bonds is 1. The van der Waals surface area contributed by atoms with E-state index in [0.717, 1.165) is 0 Å². The monoisotopic (exact) mass is 141 g/mol. The first-order chi connectivity index (χ1) is 4.20. The van der Waals surface area contributed by atoms with Crippen molar-refractivity contribution in [3.05, 3.63) is 17.3 Å². The molecule has 1 aliphatic rings. The molecule has 0 fully saturated rings. The topological polar surface area (TPSA) is 74.5 Å². The number of hydrogen-bond acceptors (Lipinski definition) is 2. The van der Waals surface area contributed by atoms with E-state index in [2.05, 4.69) is 5.32 Å². The Morgan fingerprint density at radius 1 is 1.73 bits per heavy atom. The van der Waals surface area contributed by atoms with E-state index >= 15 is 0 Å². The zero-order valence-corrected chi connectivity index (χ0v) is 6.57. The molecule has 0 spiro atoms. The molecule has 0 aromatic heterocycles. The summed E-state index contributed by atoms with van der Waals surface area (Å²) in [7, 11) is 0. The van der Waals surface area contributed by atoms with Gasteiger partial charge in [-0.3, -0.25) is 4.79 Å². The van der Waals surface area contributed by atoms with E-state index in [9.17, 15) is 9.90 Å². The molecule has 6 heteroatoms. The fourth-order valence-electron chi connectivity index (χ4n) is 0.627. The SMILES string of the molecule is O=C(O)C1CC=C([O-])[N-]1.[Li+].[Li+]. The van der Waals surface area contributed by atoms with Crippen LogP contribution in [0.4, 0.5) is 0 Å². The van der Waals surface area contributed by atoms with E-state index in [1.54, 1.807) is 0 Å². The van der Waals surface area contributed by atoms with Crippen LogP contribution in [0, 0.1) is 0 Å². The van der Waals surface area contributed by atoms with Gasteiger partial charge in [-0.1, -0.05) is 0 Å². The second-order valence-electron chi connectivity index (χ2n) is 1.76. The molecule has 0 saturated carbocycles. The van der Waals surface area contributed by atoms with Gasteiger partial charge in [-0.15, -0.1) is 6.08 Å². The van der Waals surface area contributed by atoms with Crippen LogP contribution in [-0.2, 0) is 4.79 Å². The smallest absolute Gasteiger partial charge is 0.889 e. The predicted octanol–water partition coefficient (Wildman–Crippen LogP) is -6.57. The molecule has 1 heterocycles. The van der Waals surface area contributed by atoms with E-state index in [-0.39, 0.29) is 44.1 Å². The van der Waals surface area contributed by atoms with Gasteiger partial charge in [0.2, 0.25) is 0 Å². The Morgan fingerprint density at radius 3 is 2.45 bits per heavy atom. The van der Waals surface area contributed by atoms with Crippen LogP contribution in [0.15, 0.2) is 12.0 Å². The third-order valence-corrected chi connectivity index (χ3v) is 1.08. The van der Waals surface area contributed by atoms with E-state index in [1.807, 2.05) is 0 Å². The van der Waals surface area contributed by atoms with Crippen LogP contribution in [0.3, 0.4) is 0 Å². The molecule has 1 N–H and O–H groups in total. The molecule has 0 aliphatic carbocycles. The van der Waals surface area contributed by atoms with Crippen LogP contribution in [-0.4, -0.2) is 17.1 Å². The van der Waals surface area contributed by atoms with Gasteiger partial charge in [0.05, 0.1) is 0 Å². The van der Waals surface area contributed by atoms with Crippen LogP contribution in [0.2, 0.25) is 0 Å². The Morgan fingerprint density at radius 2 is 2.27 bits per heavy atom. The number of carboxylic acids is 1. The van der Waals surface area contributed by atoms with Crippen LogP contribution in [0.5, 0.6) is 0 Å². The van der Waals surface area contributed by atoms with Crippen molar-refractivity contribution < 1.29 is 52.7 Å². The van der Waals surface area contributed by atoms with Crippen molar-refractivity contribution in [2.24, 2.45) is 0 Å². The maximum atomic E-state index is 10.3. The quantitative estimate of drug-likeness (QED) is 0.369. The van der Waals surface area contributed by atoms with E-state index in [1.165, 1.54) is 6.08 Å². The molecule has 0 saturated heterocycles. The van der Waals surface area contributed by atoms with Crippen LogP contribution in [0.25, 0.3) is 5.32 Å². The van der Waals surface area contributed by atoms with Crippen molar-refractivity contribution >= 4 is 5.97 Å². The Bertz CT molecular complexity index is 171. The fraction of sp³-hybridized carbons (Fsp3) is 0.400. The summed E-state index contributed by atoms with van der Waals surface area (Å²) in [5, 5.41) is 21.8. The number of nitrogens with zero attached hydrogens (tertiary/aromatic N) is 1. The second kappa shape index (κ2) is 5.63. The van der Waals surface area contributed by atoms with Gasteiger partial charge in [-0.25, -0.2) is 5.88 Å². The molecule has 0 radical (unpaired) electrons. The zero-order chi connectivity index (χ0) is 6.85. The Balaban J connectivity index is 0. The van der Waals surface area contributed by atoms with Gasteiger partial charge < -0.3 is 15.5 Å². The zero-order valence-electron chi connectivity index (χ0n) is 6.57. The molecule has 1 aliphatic heterocycles. The summed E-state index contributed by atoms with van der Waals surface area (Å²) < 4.78 is 0. The Kier molecular flexibility index (Phi) is 6.95. The van der Waals surface area contributed by atoms with Gasteiger partial charge in [0.25, 0.3) is 5.97 Å². The second-order valence-corrected chi connectivity index (χ2v) is 1.76. The first kappa shape index (κ1) is 13.6. The first-order valence-corrected chi connectivity index (χ1v) is 2.51. The molecule has 0 aromatic carbocycles. The van der Waals surface area contributed by atoms with Crippen molar-refractivity contribution in [2.75, 3.05) is 0 Å². The van der Waals surface area contributed by atoms with Gasteiger partial charge in [0, 0.05) is 0 Å². The molecule has 4 nitrogen and oxygen atoms in total. The van der Waals surface area contributed by atoms with Gasteiger partial charge in [-0.2, -0.15) is 0 Å². The number of hydrogen-bond donors (Lipinski definition) is 1. The number of carbonyl (C=O) groups is 1. The van der Waals surface area contributed by atoms with Gasteiger partial charge in [0.15, 0.2) is 0 Å². The van der Waals surface area contributed by atoms with Crippen LogP contribution >= 0.6 is 0 Å². The molecule has 11 heavy (non-hydrogen) atoms. The molecule has 1 unspecified atom stereocenters. The Labute approximate surface area is 88.4 Å². The van der Waals surface area contributed by atoms with Crippen LogP contribution < -0.4 is 42.8 Å². The van der Waals surface area contributed by atoms with E-state index < -0.39 is 17.9 Å². The maximum absolute atomic E-state index is 10.3. The molecule has 50 valence electrons. The normalized spacial score (nSPS) is 20.4.